The molecule has 0 saturated carbocycles. The van der Waals surface area contributed by atoms with Gasteiger partial charge in [-0.1, -0.05) is 30.0 Å². The van der Waals surface area contributed by atoms with E-state index in [2.05, 4.69) is 4.99 Å². The molecule has 1 aromatic heterocycles. The normalized spacial score (nSPS) is 14.5. The van der Waals surface area contributed by atoms with E-state index in [4.69, 9.17) is 9.47 Å². The van der Waals surface area contributed by atoms with Gasteiger partial charge in [0.2, 0.25) is 0 Å². The topological polar surface area (TPSA) is 68.2 Å². The number of amidine groups is 1. The number of carbonyl (C=O) groups excluding carboxylic acids is 2. The van der Waals surface area contributed by atoms with Crippen molar-refractivity contribution in [3.8, 4) is 11.5 Å². The molecule has 0 radical (unpaired) electrons. The molecule has 1 amide bonds. The molecule has 0 atom stereocenters. The summed E-state index contributed by atoms with van der Waals surface area (Å²) in [7, 11) is 3.18. The Balaban J connectivity index is 1.65. The van der Waals surface area contributed by atoms with Gasteiger partial charge in [0.05, 0.1) is 25.7 Å². The largest absolute Gasteiger partial charge is 0.497 e. The molecule has 0 spiro atoms. The molecule has 34 heavy (non-hydrogen) atoms. The van der Waals surface area contributed by atoms with Crippen LogP contribution in [0.3, 0.4) is 0 Å². The standard InChI is InChI=1S/C26H24N2O4S2/c1-16-12-22(17(2)34-16)24(29)15-33-26-27-23(13-18-8-10-20(31-3)11-9-18)25(30)28(26)19-6-5-7-21(14-19)32-4/h5-14H,15H2,1-4H3/b23-13-. The summed E-state index contributed by atoms with van der Waals surface area (Å²) in [6, 6.07) is 16.5. The predicted octanol–water partition coefficient (Wildman–Crippen LogP) is 5.74. The van der Waals surface area contributed by atoms with Gasteiger partial charge in [0.1, 0.15) is 17.2 Å². The van der Waals surface area contributed by atoms with Crippen LogP contribution < -0.4 is 14.4 Å². The zero-order valence-electron chi connectivity index (χ0n) is 19.3. The maximum atomic E-state index is 13.4. The molecule has 2 heterocycles. The van der Waals surface area contributed by atoms with Crippen LogP contribution in [0, 0.1) is 13.8 Å². The molecule has 0 aliphatic carbocycles. The molecule has 0 fully saturated rings. The van der Waals surface area contributed by atoms with Crippen LogP contribution in [0.2, 0.25) is 0 Å². The fourth-order valence-corrected chi connectivity index (χ4v) is 5.38. The Morgan fingerprint density at radius 2 is 1.79 bits per heavy atom. The summed E-state index contributed by atoms with van der Waals surface area (Å²) in [5.41, 5.74) is 2.47. The molecule has 0 saturated heterocycles. The molecule has 8 heteroatoms. The van der Waals surface area contributed by atoms with Gasteiger partial charge >= 0.3 is 0 Å². The van der Waals surface area contributed by atoms with Gasteiger partial charge in [-0.25, -0.2) is 4.99 Å². The summed E-state index contributed by atoms with van der Waals surface area (Å²) in [4.78, 5) is 34.5. The molecular weight excluding hydrogens is 468 g/mol. The highest BCUT2D eigenvalue weighted by Crippen LogP contribution is 2.32. The van der Waals surface area contributed by atoms with E-state index in [0.717, 1.165) is 26.6 Å². The first-order chi connectivity index (χ1) is 16.4. The van der Waals surface area contributed by atoms with Gasteiger partial charge in [-0.05, 0) is 55.8 Å². The predicted molar refractivity (Wildman–Crippen MR) is 139 cm³/mol. The summed E-state index contributed by atoms with van der Waals surface area (Å²) in [6.45, 7) is 3.94. The van der Waals surface area contributed by atoms with Crippen LogP contribution in [0.1, 0.15) is 25.7 Å². The van der Waals surface area contributed by atoms with E-state index in [1.807, 2.05) is 62.4 Å². The number of aryl methyl sites for hydroxylation is 2. The van der Waals surface area contributed by atoms with Crippen LogP contribution in [0.25, 0.3) is 6.08 Å². The van der Waals surface area contributed by atoms with E-state index in [-0.39, 0.29) is 17.4 Å². The second-order valence-corrected chi connectivity index (χ2v) is 9.98. The van der Waals surface area contributed by atoms with Crippen molar-refractivity contribution in [2.24, 2.45) is 4.99 Å². The molecule has 6 nitrogen and oxygen atoms in total. The maximum Gasteiger partial charge on any atom is 0.283 e. The third-order valence-electron chi connectivity index (χ3n) is 5.23. The second kappa shape index (κ2) is 10.3. The van der Waals surface area contributed by atoms with Crippen LogP contribution in [-0.2, 0) is 4.79 Å². The number of carbonyl (C=O) groups is 2. The average Bonchev–Trinajstić information content (AvgIpc) is 3.35. The number of amides is 1. The van der Waals surface area contributed by atoms with E-state index in [1.54, 1.807) is 37.7 Å². The molecule has 1 aliphatic heterocycles. The maximum absolute atomic E-state index is 13.4. The van der Waals surface area contributed by atoms with Crippen molar-refractivity contribution in [1.29, 1.82) is 0 Å². The molecule has 2 aromatic carbocycles. The van der Waals surface area contributed by atoms with Gasteiger partial charge in [-0.3, -0.25) is 14.5 Å². The third-order valence-corrected chi connectivity index (χ3v) is 7.14. The van der Waals surface area contributed by atoms with Crippen LogP contribution in [0.5, 0.6) is 11.5 Å². The minimum absolute atomic E-state index is 0.0141. The van der Waals surface area contributed by atoms with Crippen LogP contribution in [0.4, 0.5) is 5.69 Å². The van der Waals surface area contributed by atoms with Crippen LogP contribution in [0.15, 0.2) is 65.3 Å². The van der Waals surface area contributed by atoms with Gasteiger partial charge in [0, 0.05) is 21.4 Å². The Morgan fingerprint density at radius 1 is 1.06 bits per heavy atom. The smallest absolute Gasteiger partial charge is 0.283 e. The summed E-state index contributed by atoms with van der Waals surface area (Å²) in [6.07, 6.45) is 1.73. The quantitative estimate of drug-likeness (QED) is 0.311. The Morgan fingerprint density at radius 3 is 2.44 bits per heavy atom. The summed E-state index contributed by atoms with van der Waals surface area (Å²) in [5.74, 6) is 1.29. The molecule has 0 bridgehead atoms. The van der Waals surface area contributed by atoms with Crippen molar-refractivity contribution < 1.29 is 19.1 Å². The Kier molecular flexibility index (Phi) is 7.19. The lowest BCUT2D eigenvalue weighted by Gasteiger charge is -2.18. The summed E-state index contributed by atoms with van der Waals surface area (Å²) >= 11 is 2.86. The summed E-state index contributed by atoms with van der Waals surface area (Å²) < 4.78 is 10.5. The van der Waals surface area contributed by atoms with Crippen molar-refractivity contribution in [3.63, 3.8) is 0 Å². The van der Waals surface area contributed by atoms with Crippen molar-refractivity contribution in [1.82, 2.24) is 0 Å². The van der Waals surface area contributed by atoms with E-state index < -0.39 is 0 Å². The van der Waals surface area contributed by atoms with Gasteiger partial charge in [0.15, 0.2) is 11.0 Å². The average molecular weight is 493 g/mol. The van der Waals surface area contributed by atoms with Crippen molar-refractivity contribution >= 4 is 51.7 Å². The van der Waals surface area contributed by atoms with Gasteiger partial charge in [-0.15, -0.1) is 11.3 Å². The van der Waals surface area contributed by atoms with Crippen molar-refractivity contribution in [2.45, 2.75) is 13.8 Å². The number of nitrogens with zero attached hydrogens (tertiary/aromatic N) is 2. The number of ether oxygens (including phenoxy) is 2. The number of anilines is 1. The highest BCUT2D eigenvalue weighted by molar-refractivity contribution is 8.14. The lowest BCUT2D eigenvalue weighted by molar-refractivity contribution is -0.113. The van der Waals surface area contributed by atoms with Gasteiger partial charge in [0.25, 0.3) is 5.91 Å². The Hall–Kier alpha value is -3.36. The third kappa shape index (κ3) is 5.08. The zero-order chi connectivity index (χ0) is 24.2. The first-order valence-electron chi connectivity index (χ1n) is 10.6. The number of hydrogen-bond donors (Lipinski definition) is 0. The van der Waals surface area contributed by atoms with Crippen LogP contribution >= 0.6 is 23.1 Å². The second-order valence-electron chi connectivity index (χ2n) is 7.58. The van der Waals surface area contributed by atoms with Gasteiger partial charge in [-0.2, -0.15) is 0 Å². The van der Waals surface area contributed by atoms with Gasteiger partial charge < -0.3 is 9.47 Å². The van der Waals surface area contributed by atoms with E-state index in [9.17, 15) is 9.59 Å². The number of rotatable bonds is 7. The molecule has 4 rings (SSSR count). The number of thiophene rings is 1. The van der Waals surface area contributed by atoms with E-state index >= 15 is 0 Å². The SMILES string of the molecule is COc1ccc(/C=C2\N=C(SCC(=O)c3cc(C)sc3C)N(c3cccc(OC)c3)C2=O)cc1. The van der Waals surface area contributed by atoms with E-state index in [0.29, 0.717) is 22.3 Å². The van der Waals surface area contributed by atoms with Crippen molar-refractivity contribution in [3.05, 3.63) is 81.2 Å². The monoisotopic (exact) mass is 492 g/mol. The van der Waals surface area contributed by atoms with E-state index in [1.165, 1.54) is 16.7 Å². The molecule has 0 unspecified atom stereocenters. The Bertz CT molecular complexity index is 1290. The van der Waals surface area contributed by atoms with Crippen molar-refractivity contribution in [2.75, 3.05) is 24.9 Å². The number of Topliss-reactive ketones (excluding diaryl/α,β-unsaturated/α-hetero) is 1. The minimum Gasteiger partial charge on any atom is -0.497 e. The fourth-order valence-electron chi connectivity index (χ4n) is 3.54. The fraction of sp³-hybridized carbons (Fsp3) is 0.192. The highest BCUT2D eigenvalue weighted by atomic mass is 32.2. The lowest BCUT2D eigenvalue weighted by Crippen LogP contribution is -2.30. The molecule has 0 N–H and O–H groups in total. The highest BCUT2D eigenvalue weighted by Gasteiger charge is 2.33. The number of thioether (sulfide) groups is 1. The van der Waals surface area contributed by atoms with Crippen LogP contribution in [-0.4, -0.2) is 36.8 Å². The number of hydrogen-bond acceptors (Lipinski definition) is 7. The number of methoxy groups -OCH3 is 2. The molecular formula is C26H24N2O4S2. The Labute approximate surface area is 206 Å². The molecule has 3 aromatic rings. The minimum atomic E-state index is -0.262. The first kappa shape index (κ1) is 23.8. The lowest BCUT2D eigenvalue weighted by atomic mass is 10.2. The first-order valence-corrected chi connectivity index (χ1v) is 12.4. The number of benzene rings is 2. The summed E-state index contributed by atoms with van der Waals surface area (Å²) in [5, 5.41) is 0.455. The molecule has 174 valence electrons. The number of aliphatic imine (C=N–C) groups is 1. The zero-order valence-corrected chi connectivity index (χ0v) is 21.0. The number of ketones is 1. The molecule has 1 aliphatic rings.